The highest BCUT2D eigenvalue weighted by atomic mass is 32.2. The van der Waals surface area contributed by atoms with Crippen LogP contribution in [0.4, 0.5) is 9.52 Å². The quantitative estimate of drug-likeness (QED) is 0.635. The molecule has 1 aromatic heterocycles. The molecule has 6 nitrogen and oxygen atoms in total. The molecule has 0 saturated heterocycles. The first-order valence-corrected chi connectivity index (χ1v) is 10.8. The molecule has 2 aromatic carbocycles. The van der Waals surface area contributed by atoms with Gasteiger partial charge in [0.25, 0.3) is 5.91 Å². The van der Waals surface area contributed by atoms with Crippen molar-refractivity contribution in [2.75, 3.05) is 5.32 Å². The average molecular weight is 420 g/mol. The van der Waals surface area contributed by atoms with Gasteiger partial charge >= 0.3 is 0 Å². The van der Waals surface area contributed by atoms with Gasteiger partial charge in [0.2, 0.25) is 10.0 Å². The van der Waals surface area contributed by atoms with E-state index in [2.05, 4.69) is 15.0 Å². The number of nitrogens with one attached hydrogen (secondary N) is 2. The summed E-state index contributed by atoms with van der Waals surface area (Å²) >= 11 is 1.22. The Kier molecular flexibility index (Phi) is 5.87. The zero-order valence-corrected chi connectivity index (χ0v) is 16.8. The van der Waals surface area contributed by atoms with E-state index in [0.29, 0.717) is 22.0 Å². The maximum Gasteiger partial charge on any atom is 0.257 e. The van der Waals surface area contributed by atoms with Gasteiger partial charge in [0.1, 0.15) is 5.82 Å². The SMILES string of the molecule is CC(C)NS(=O)(=O)c1ccc(C(=O)Nc2nc(-c3cccc(F)c3)cs2)cc1. The molecule has 1 amide bonds. The standard InChI is InChI=1S/C19H18FN3O3S2/c1-12(2)23-28(25,26)16-8-6-13(7-9-16)18(24)22-19-21-17(11-27-19)14-4-3-5-15(20)10-14/h3-12,23H,1-2H3,(H,21,22,24). The molecule has 0 unspecified atom stereocenters. The molecule has 0 radical (unpaired) electrons. The number of hydrogen-bond donors (Lipinski definition) is 2. The third-order valence-electron chi connectivity index (χ3n) is 3.66. The molecule has 0 aliphatic heterocycles. The number of aromatic nitrogens is 1. The maximum atomic E-state index is 13.3. The molecule has 0 bridgehead atoms. The van der Waals surface area contributed by atoms with Crippen LogP contribution in [0.25, 0.3) is 11.3 Å². The molecule has 0 saturated carbocycles. The summed E-state index contributed by atoms with van der Waals surface area (Å²) in [5.74, 6) is -0.779. The highest BCUT2D eigenvalue weighted by Gasteiger charge is 2.16. The number of carbonyl (C=O) groups excluding carboxylic acids is 1. The second kappa shape index (κ2) is 8.17. The summed E-state index contributed by atoms with van der Waals surface area (Å²) in [6.07, 6.45) is 0. The fourth-order valence-electron chi connectivity index (χ4n) is 2.44. The van der Waals surface area contributed by atoms with E-state index >= 15 is 0 Å². The zero-order valence-electron chi connectivity index (χ0n) is 15.1. The zero-order chi connectivity index (χ0) is 20.3. The van der Waals surface area contributed by atoms with E-state index in [0.717, 1.165) is 0 Å². The van der Waals surface area contributed by atoms with Crippen LogP contribution in [0.15, 0.2) is 58.8 Å². The molecule has 2 N–H and O–H groups in total. The van der Waals surface area contributed by atoms with Crippen molar-refractivity contribution in [3.05, 3.63) is 65.3 Å². The van der Waals surface area contributed by atoms with Crippen LogP contribution in [0.2, 0.25) is 0 Å². The predicted octanol–water partition coefficient (Wildman–Crippen LogP) is 3.89. The predicted molar refractivity (Wildman–Crippen MR) is 107 cm³/mol. The second-order valence-electron chi connectivity index (χ2n) is 6.30. The van der Waals surface area contributed by atoms with Gasteiger partial charge < -0.3 is 0 Å². The van der Waals surface area contributed by atoms with Crippen LogP contribution in [0, 0.1) is 5.82 Å². The number of rotatable bonds is 6. The number of hydrogen-bond acceptors (Lipinski definition) is 5. The highest BCUT2D eigenvalue weighted by molar-refractivity contribution is 7.89. The summed E-state index contributed by atoms with van der Waals surface area (Å²) in [5.41, 5.74) is 1.47. The summed E-state index contributed by atoms with van der Waals surface area (Å²) in [4.78, 5) is 16.8. The van der Waals surface area contributed by atoms with Gasteiger partial charge in [-0.25, -0.2) is 22.5 Å². The van der Waals surface area contributed by atoms with Gasteiger partial charge in [-0.3, -0.25) is 10.1 Å². The first kappa shape index (κ1) is 20.1. The van der Waals surface area contributed by atoms with Crippen LogP contribution >= 0.6 is 11.3 Å². The van der Waals surface area contributed by atoms with Crippen LogP contribution < -0.4 is 10.0 Å². The van der Waals surface area contributed by atoms with Gasteiger partial charge in [-0.15, -0.1) is 11.3 Å². The van der Waals surface area contributed by atoms with Crippen LogP contribution in [0.5, 0.6) is 0 Å². The smallest absolute Gasteiger partial charge is 0.257 e. The number of nitrogens with zero attached hydrogens (tertiary/aromatic N) is 1. The van der Waals surface area contributed by atoms with Crippen molar-refractivity contribution >= 4 is 32.4 Å². The van der Waals surface area contributed by atoms with Crippen LogP contribution in [-0.4, -0.2) is 25.4 Å². The Balaban J connectivity index is 1.72. The third kappa shape index (κ3) is 4.80. The molecule has 1 heterocycles. The Morgan fingerprint density at radius 1 is 1.14 bits per heavy atom. The molecule has 0 aliphatic carbocycles. The van der Waals surface area contributed by atoms with Gasteiger partial charge in [0.05, 0.1) is 10.6 Å². The molecule has 0 atom stereocenters. The lowest BCUT2D eigenvalue weighted by atomic mass is 10.2. The monoisotopic (exact) mass is 419 g/mol. The van der Waals surface area contributed by atoms with Gasteiger partial charge in [-0.2, -0.15) is 0 Å². The summed E-state index contributed by atoms with van der Waals surface area (Å²) in [6.45, 7) is 3.46. The van der Waals surface area contributed by atoms with E-state index in [1.54, 1.807) is 31.4 Å². The Hall–Kier alpha value is -2.62. The summed E-state index contributed by atoms with van der Waals surface area (Å²) in [6, 6.07) is 11.4. The summed E-state index contributed by atoms with van der Waals surface area (Å²) in [7, 11) is -3.61. The minimum atomic E-state index is -3.61. The van der Waals surface area contributed by atoms with Crippen molar-refractivity contribution in [1.82, 2.24) is 9.71 Å². The van der Waals surface area contributed by atoms with Crippen molar-refractivity contribution in [1.29, 1.82) is 0 Å². The molecule has 3 rings (SSSR count). The Labute approximate surface area is 166 Å². The molecule has 0 spiro atoms. The largest absolute Gasteiger partial charge is 0.298 e. The van der Waals surface area contributed by atoms with E-state index in [4.69, 9.17) is 0 Å². The summed E-state index contributed by atoms with van der Waals surface area (Å²) < 4.78 is 40.1. The molecule has 3 aromatic rings. The summed E-state index contributed by atoms with van der Waals surface area (Å²) in [5, 5.41) is 4.75. The molecular formula is C19H18FN3O3S2. The molecule has 0 aliphatic rings. The lowest BCUT2D eigenvalue weighted by Crippen LogP contribution is -2.30. The first-order chi connectivity index (χ1) is 13.2. The number of thiazole rings is 1. The minimum Gasteiger partial charge on any atom is -0.298 e. The van der Waals surface area contributed by atoms with Crippen molar-refractivity contribution in [2.45, 2.75) is 24.8 Å². The molecule has 146 valence electrons. The Morgan fingerprint density at radius 2 is 1.86 bits per heavy atom. The van der Waals surface area contributed by atoms with Crippen molar-refractivity contribution in [3.63, 3.8) is 0 Å². The van der Waals surface area contributed by atoms with E-state index < -0.39 is 15.9 Å². The minimum absolute atomic E-state index is 0.0837. The second-order valence-corrected chi connectivity index (χ2v) is 8.87. The number of carbonyl (C=O) groups is 1. The maximum absolute atomic E-state index is 13.3. The number of anilines is 1. The Morgan fingerprint density at radius 3 is 2.50 bits per heavy atom. The van der Waals surface area contributed by atoms with Crippen molar-refractivity contribution < 1.29 is 17.6 Å². The lowest BCUT2D eigenvalue weighted by molar-refractivity contribution is 0.102. The topological polar surface area (TPSA) is 88.2 Å². The fourth-order valence-corrected chi connectivity index (χ4v) is 4.41. The molecule has 0 fully saturated rings. The van der Waals surface area contributed by atoms with Crippen LogP contribution in [0.3, 0.4) is 0 Å². The Bertz CT molecular complexity index is 1090. The lowest BCUT2D eigenvalue weighted by Gasteiger charge is -2.10. The van der Waals surface area contributed by atoms with E-state index in [1.165, 1.54) is 47.7 Å². The fraction of sp³-hybridized carbons (Fsp3) is 0.158. The first-order valence-electron chi connectivity index (χ1n) is 8.40. The average Bonchev–Trinajstić information content (AvgIpc) is 3.09. The van der Waals surface area contributed by atoms with E-state index in [-0.39, 0.29) is 16.8 Å². The third-order valence-corrected chi connectivity index (χ3v) is 6.09. The van der Waals surface area contributed by atoms with Gasteiger partial charge in [0.15, 0.2) is 5.13 Å². The molecule has 28 heavy (non-hydrogen) atoms. The van der Waals surface area contributed by atoms with Crippen molar-refractivity contribution in [2.24, 2.45) is 0 Å². The van der Waals surface area contributed by atoms with Gasteiger partial charge in [-0.1, -0.05) is 12.1 Å². The number of sulfonamides is 1. The van der Waals surface area contributed by atoms with Gasteiger partial charge in [0, 0.05) is 22.5 Å². The number of benzene rings is 2. The van der Waals surface area contributed by atoms with Gasteiger partial charge in [-0.05, 0) is 50.2 Å². The number of halogens is 1. The van der Waals surface area contributed by atoms with Crippen LogP contribution in [0.1, 0.15) is 24.2 Å². The normalized spacial score (nSPS) is 11.6. The molecule has 9 heteroatoms. The van der Waals surface area contributed by atoms with Crippen molar-refractivity contribution in [3.8, 4) is 11.3 Å². The number of amides is 1. The van der Waals surface area contributed by atoms with E-state index in [9.17, 15) is 17.6 Å². The highest BCUT2D eigenvalue weighted by Crippen LogP contribution is 2.25. The van der Waals surface area contributed by atoms with Crippen LogP contribution in [-0.2, 0) is 10.0 Å². The van der Waals surface area contributed by atoms with E-state index in [1.807, 2.05) is 0 Å². The molecular weight excluding hydrogens is 401 g/mol.